The summed E-state index contributed by atoms with van der Waals surface area (Å²) < 4.78 is 0. The van der Waals surface area contributed by atoms with E-state index in [1.165, 1.54) is 0 Å². The summed E-state index contributed by atoms with van der Waals surface area (Å²) in [6, 6.07) is 0. The fourth-order valence-corrected chi connectivity index (χ4v) is 0. The van der Waals surface area contributed by atoms with E-state index in [9.17, 15) is 0 Å². The van der Waals surface area contributed by atoms with Crippen molar-refractivity contribution in [1.29, 1.82) is 0 Å². The fraction of sp³-hybridized carbons (Fsp3) is 0. The Kier molecular flexibility index (Phi) is 44.3. The first-order valence-corrected chi connectivity index (χ1v) is 2.68. The zero-order chi connectivity index (χ0) is 4.50. The van der Waals surface area contributed by atoms with E-state index < -0.39 is 9.05 Å². The molecule has 0 aliphatic rings. The van der Waals surface area contributed by atoms with Gasteiger partial charge in [0.2, 0.25) is 0 Å². The van der Waals surface area contributed by atoms with Gasteiger partial charge in [-0.25, -0.2) is 0 Å². The van der Waals surface area contributed by atoms with E-state index in [0.29, 0.717) is 0 Å². The van der Waals surface area contributed by atoms with Gasteiger partial charge in [-0.05, 0) is 0 Å². The van der Waals surface area contributed by atoms with Crippen molar-refractivity contribution in [3.05, 3.63) is 0 Å². The average Bonchev–Trinajstić information content (AvgIpc) is 0.722. The molecule has 9 heavy (non-hydrogen) atoms. The molecular formula is H11AlCaFNaO4Si. The molecule has 0 fully saturated rings. The SMILES string of the molecule is F.O[Si](O)(O)O.[AlH3].[CaH2].[NaH]. The third kappa shape index (κ3) is 108. The molecule has 0 rings (SSSR count). The minimum absolute atomic E-state index is 0. The number of halogens is 1. The second kappa shape index (κ2) is 13.4. The Bertz CT molecular complexity index is 36.0. The molecule has 0 spiro atoms. The summed E-state index contributed by atoms with van der Waals surface area (Å²) in [5, 5.41) is 0. The van der Waals surface area contributed by atoms with Crippen LogP contribution in [0.5, 0.6) is 0 Å². The quantitative estimate of drug-likeness (QED) is 0.303. The van der Waals surface area contributed by atoms with E-state index in [1.54, 1.807) is 0 Å². The molecule has 0 amide bonds. The molecule has 0 aliphatic carbocycles. The van der Waals surface area contributed by atoms with Crippen LogP contribution < -0.4 is 0 Å². The Morgan fingerprint density at radius 3 is 0.889 bits per heavy atom. The molecule has 0 bridgehead atoms. The molecule has 0 unspecified atom stereocenters. The van der Waals surface area contributed by atoms with Crippen LogP contribution in [0.15, 0.2) is 0 Å². The van der Waals surface area contributed by atoms with E-state index in [1.807, 2.05) is 0 Å². The molecule has 9 heteroatoms. The first kappa shape index (κ1) is 29.8. The van der Waals surface area contributed by atoms with Crippen molar-refractivity contribution in [3.63, 3.8) is 0 Å². The molecule has 0 heterocycles. The van der Waals surface area contributed by atoms with Crippen molar-refractivity contribution in [2.24, 2.45) is 0 Å². The molecule has 0 aromatic rings. The van der Waals surface area contributed by atoms with Gasteiger partial charge in [-0.1, -0.05) is 0 Å². The molecule has 0 aromatic heterocycles. The molecule has 0 saturated heterocycles. The number of hydrogen-bond acceptors (Lipinski definition) is 4. The summed E-state index contributed by atoms with van der Waals surface area (Å²) >= 11 is 0. The van der Waals surface area contributed by atoms with Gasteiger partial charge in [0.1, 0.15) is 0 Å². The van der Waals surface area contributed by atoms with E-state index in [0.717, 1.165) is 0 Å². The molecular weight excluding hydrogens is 201 g/mol. The van der Waals surface area contributed by atoms with Crippen molar-refractivity contribution in [1.82, 2.24) is 0 Å². The standard InChI is InChI=1S/Al.Ca.FH.Na.H4O4Si.6H/c;;;;1-5(2,3)4;;;;;;/h;;1H;;1-4H;;;;;;. The van der Waals surface area contributed by atoms with Crippen molar-refractivity contribution in [2.45, 2.75) is 0 Å². The van der Waals surface area contributed by atoms with Gasteiger partial charge in [0.15, 0.2) is 17.4 Å². The van der Waals surface area contributed by atoms with Crippen molar-refractivity contribution >= 4 is 93.7 Å². The average molecular weight is 212 g/mol. The van der Waals surface area contributed by atoms with Crippen LogP contribution in [0.2, 0.25) is 0 Å². The van der Waals surface area contributed by atoms with Crippen LogP contribution in [0.3, 0.4) is 0 Å². The fourth-order valence-electron chi connectivity index (χ4n) is 0. The second-order valence-electron chi connectivity index (χ2n) is 0.600. The third-order valence-electron chi connectivity index (χ3n) is 0. The molecule has 52 valence electrons. The zero-order valence-electron chi connectivity index (χ0n) is 2.70. The summed E-state index contributed by atoms with van der Waals surface area (Å²) in [7, 11) is -4.61. The molecule has 0 saturated carbocycles. The first-order chi connectivity index (χ1) is 2.00. The van der Waals surface area contributed by atoms with Crippen molar-refractivity contribution in [2.75, 3.05) is 0 Å². The van der Waals surface area contributed by atoms with Crippen molar-refractivity contribution < 1.29 is 23.9 Å². The van der Waals surface area contributed by atoms with Gasteiger partial charge in [-0.15, -0.1) is 0 Å². The Morgan fingerprint density at radius 1 is 0.889 bits per heavy atom. The molecule has 0 aromatic carbocycles. The third-order valence-corrected chi connectivity index (χ3v) is 0. The van der Waals surface area contributed by atoms with Gasteiger partial charge in [0, 0.05) is 0 Å². The first-order valence-electron chi connectivity index (χ1n) is 0.894. The van der Waals surface area contributed by atoms with Gasteiger partial charge in [0.05, 0.1) is 0 Å². The maximum atomic E-state index is 7.33. The summed E-state index contributed by atoms with van der Waals surface area (Å²) in [6.07, 6.45) is 0. The topological polar surface area (TPSA) is 80.9 Å². The summed E-state index contributed by atoms with van der Waals surface area (Å²) in [5.41, 5.74) is 0. The van der Waals surface area contributed by atoms with Crippen LogP contribution in [0, 0.1) is 0 Å². The summed E-state index contributed by atoms with van der Waals surface area (Å²) in [4.78, 5) is 29.3. The van der Waals surface area contributed by atoms with Crippen LogP contribution in [0.25, 0.3) is 0 Å². The van der Waals surface area contributed by atoms with Crippen LogP contribution in [-0.2, 0) is 0 Å². The van der Waals surface area contributed by atoms with Crippen LogP contribution in [0.1, 0.15) is 0 Å². The predicted octanol–water partition coefficient (Wildman–Crippen LogP) is -5.20. The van der Waals surface area contributed by atoms with Crippen LogP contribution in [0.4, 0.5) is 4.70 Å². The summed E-state index contributed by atoms with van der Waals surface area (Å²) in [5.74, 6) is 0. The molecule has 0 atom stereocenters. The monoisotopic (exact) mass is 212 g/mol. The zero-order valence-corrected chi connectivity index (χ0v) is 3.70. The van der Waals surface area contributed by atoms with Gasteiger partial charge in [-0.3, -0.25) is 4.70 Å². The summed E-state index contributed by atoms with van der Waals surface area (Å²) in [6.45, 7) is 0. The Hall–Kier alpha value is 2.78. The van der Waals surface area contributed by atoms with E-state index in [2.05, 4.69) is 0 Å². The Balaban J connectivity index is -0.0000000133. The van der Waals surface area contributed by atoms with Gasteiger partial charge >= 0.3 is 76.3 Å². The normalized spacial score (nSPS) is 6.67. The van der Waals surface area contributed by atoms with Gasteiger partial charge in [-0.2, -0.15) is 0 Å². The molecule has 0 radical (unpaired) electrons. The second-order valence-corrected chi connectivity index (χ2v) is 1.80. The van der Waals surface area contributed by atoms with Gasteiger partial charge < -0.3 is 19.2 Å². The Labute approximate surface area is 116 Å². The molecule has 4 N–H and O–H groups in total. The van der Waals surface area contributed by atoms with E-state index >= 15 is 0 Å². The molecule has 4 nitrogen and oxygen atoms in total. The van der Waals surface area contributed by atoms with E-state index in [-0.39, 0.29) is 89.4 Å². The van der Waals surface area contributed by atoms with Gasteiger partial charge in [0.25, 0.3) is 0 Å². The number of rotatable bonds is 0. The maximum absolute atomic E-state index is 7.33. The molecule has 0 aliphatic heterocycles. The number of hydrogen-bond donors (Lipinski definition) is 4. The van der Waals surface area contributed by atoms with E-state index in [4.69, 9.17) is 19.2 Å². The van der Waals surface area contributed by atoms with Crippen molar-refractivity contribution in [3.8, 4) is 0 Å². The van der Waals surface area contributed by atoms with Crippen LogP contribution in [-0.4, -0.2) is 113 Å². The Morgan fingerprint density at radius 2 is 0.889 bits per heavy atom. The predicted molar refractivity (Wildman–Crippen MR) is 42.8 cm³/mol. The van der Waals surface area contributed by atoms with Crippen LogP contribution >= 0.6 is 0 Å². The minimum atomic E-state index is -4.61.